The molecule has 0 amide bonds. The van der Waals surface area contributed by atoms with Crippen LogP contribution >= 0.6 is 11.6 Å². The minimum atomic E-state index is -0.604. The summed E-state index contributed by atoms with van der Waals surface area (Å²) in [6, 6.07) is 3.31. The Bertz CT molecular complexity index is 437. The van der Waals surface area contributed by atoms with Gasteiger partial charge in [-0.2, -0.15) is 0 Å². The molecule has 0 bridgehead atoms. The van der Waals surface area contributed by atoms with Crippen molar-refractivity contribution in [2.75, 3.05) is 0 Å². The SMILES string of the molecule is Fc1cc(F)cc(OC2CC(Cl)C23CCCC3)c1. The summed E-state index contributed by atoms with van der Waals surface area (Å²) in [6.07, 6.45) is 5.22. The first-order valence-corrected chi connectivity index (χ1v) is 6.81. The molecule has 0 N–H and O–H groups in total. The largest absolute Gasteiger partial charge is 0.490 e. The normalized spacial score (nSPS) is 29.3. The Labute approximate surface area is 110 Å². The molecule has 2 aliphatic carbocycles. The van der Waals surface area contributed by atoms with E-state index in [-0.39, 0.29) is 22.6 Å². The van der Waals surface area contributed by atoms with E-state index < -0.39 is 11.6 Å². The van der Waals surface area contributed by atoms with Crippen molar-refractivity contribution in [3.05, 3.63) is 29.8 Å². The summed E-state index contributed by atoms with van der Waals surface area (Å²) in [6.45, 7) is 0. The van der Waals surface area contributed by atoms with Gasteiger partial charge in [0, 0.05) is 35.4 Å². The lowest BCUT2D eigenvalue weighted by Crippen LogP contribution is -2.55. The van der Waals surface area contributed by atoms with Crippen LogP contribution in [-0.4, -0.2) is 11.5 Å². The van der Waals surface area contributed by atoms with Gasteiger partial charge in [-0.15, -0.1) is 11.6 Å². The highest BCUT2D eigenvalue weighted by molar-refractivity contribution is 6.21. The van der Waals surface area contributed by atoms with Gasteiger partial charge in [-0.05, 0) is 12.8 Å². The molecule has 2 fully saturated rings. The lowest BCUT2D eigenvalue weighted by Gasteiger charge is -2.50. The average molecular weight is 273 g/mol. The number of hydrogen-bond acceptors (Lipinski definition) is 1. The van der Waals surface area contributed by atoms with Crippen LogP contribution in [0.3, 0.4) is 0 Å². The number of hydrogen-bond donors (Lipinski definition) is 0. The lowest BCUT2D eigenvalue weighted by atomic mass is 9.64. The van der Waals surface area contributed by atoms with E-state index in [1.54, 1.807) is 0 Å². The molecule has 4 heteroatoms. The number of halogens is 3. The van der Waals surface area contributed by atoms with Crippen LogP contribution in [0, 0.1) is 17.0 Å². The Morgan fingerprint density at radius 1 is 1.11 bits per heavy atom. The maximum Gasteiger partial charge on any atom is 0.129 e. The minimum Gasteiger partial charge on any atom is -0.490 e. The Kier molecular flexibility index (Phi) is 2.97. The standard InChI is InChI=1S/C14H15ClF2O/c15-12-8-13(14(12)3-1-2-4-14)18-11-6-9(16)5-10(17)7-11/h5-7,12-13H,1-4,8H2. The molecule has 0 aliphatic heterocycles. The third kappa shape index (κ3) is 1.89. The van der Waals surface area contributed by atoms with Crippen LogP contribution in [-0.2, 0) is 0 Å². The Morgan fingerprint density at radius 2 is 1.72 bits per heavy atom. The van der Waals surface area contributed by atoms with Crippen molar-refractivity contribution < 1.29 is 13.5 Å². The molecule has 2 atom stereocenters. The molecule has 0 heterocycles. The smallest absolute Gasteiger partial charge is 0.129 e. The Morgan fingerprint density at radius 3 is 2.28 bits per heavy atom. The highest BCUT2D eigenvalue weighted by atomic mass is 35.5. The molecule has 2 aliphatic rings. The van der Waals surface area contributed by atoms with E-state index in [2.05, 4.69) is 0 Å². The summed E-state index contributed by atoms with van der Waals surface area (Å²) in [7, 11) is 0. The molecule has 18 heavy (non-hydrogen) atoms. The molecule has 0 saturated heterocycles. The summed E-state index contributed by atoms with van der Waals surface area (Å²) >= 11 is 6.31. The molecule has 1 aromatic rings. The van der Waals surface area contributed by atoms with Crippen LogP contribution in [0.5, 0.6) is 5.75 Å². The summed E-state index contributed by atoms with van der Waals surface area (Å²) in [4.78, 5) is 0. The lowest BCUT2D eigenvalue weighted by molar-refractivity contribution is -0.0358. The molecule has 1 spiro atoms. The summed E-state index contributed by atoms with van der Waals surface area (Å²) in [5.74, 6) is -0.938. The van der Waals surface area contributed by atoms with Crippen LogP contribution in [0.15, 0.2) is 18.2 Å². The zero-order valence-electron chi connectivity index (χ0n) is 9.96. The van der Waals surface area contributed by atoms with Gasteiger partial charge in [0.15, 0.2) is 0 Å². The van der Waals surface area contributed by atoms with Gasteiger partial charge in [-0.25, -0.2) is 8.78 Å². The first kappa shape index (κ1) is 12.2. The molecule has 3 rings (SSSR count). The van der Waals surface area contributed by atoms with Gasteiger partial charge in [0.1, 0.15) is 23.5 Å². The third-order valence-electron chi connectivity index (χ3n) is 4.33. The fourth-order valence-corrected chi connectivity index (χ4v) is 3.81. The number of alkyl halides is 1. The van der Waals surface area contributed by atoms with Crippen molar-refractivity contribution in [1.29, 1.82) is 0 Å². The Balaban J connectivity index is 1.77. The van der Waals surface area contributed by atoms with E-state index in [1.807, 2.05) is 0 Å². The number of rotatable bonds is 2. The molecule has 2 unspecified atom stereocenters. The van der Waals surface area contributed by atoms with Gasteiger partial charge < -0.3 is 4.74 Å². The highest BCUT2D eigenvalue weighted by Crippen LogP contribution is 2.57. The zero-order chi connectivity index (χ0) is 12.8. The maximum absolute atomic E-state index is 13.1. The van der Waals surface area contributed by atoms with Crippen LogP contribution in [0.2, 0.25) is 0 Å². The number of benzene rings is 1. The van der Waals surface area contributed by atoms with Gasteiger partial charge >= 0.3 is 0 Å². The van der Waals surface area contributed by atoms with E-state index in [0.717, 1.165) is 25.3 Å². The van der Waals surface area contributed by atoms with E-state index in [4.69, 9.17) is 16.3 Å². The molecular formula is C14H15ClF2O. The molecule has 98 valence electrons. The molecule has 0 radical (unpaired) electrons. The van der Waals surface area contributed by atoms with Crippen molar-refractivity contribution in [3.8, 4) is 5.75 Å². The molecule has 1 aromatic carbocycles. The summed E-state index contributed by atoms with van der Waals surface area (Å²) in [5, 5.41) is 0.142. The van der Waals surface area contributed by atoms with Gasteiger partial charge in [-0.3, -0.25) is 0 Å². The zero-order valence-corrected chi connectivity index (χ0v) is 10.7. The van der Waals surface area contributed by atoms with Crippen LogP contribution in [0.4, 0.5) is 8.78 Å². The van der Waals surface area contributed by atoms with Crippen LogP contribution in [0.25, 0.3) is 0 Å². The van der Waals surface area contributed by atoms with Gasteiger partial charge in [-0.1, -0.05) is 12.8 Å². The second-order valence-corrected chi connectivity index (χ2v) is 5.88. The predicted octanol–water partition coefficient (Wildman–Crippen LogP) is 4.28. The average Bonchev–Trinajstić information content (AvgIpc) is 2.79. The first-order valence-electron chi connectivity index (χ1n) is 6.37. The molecule has 0 aromatic heterocycles. The molecule has 1 nitrogen and oxygen atoms in total. The Hall–Kier alpha value is -0.830. The fraction of sp³-hybridized carbons (Fsp3) is 0.571. The maximum atomic E-state index is 13.1. The van der Waals surface area contributed by atoms with Crippen LogP contribution in [0.1, 0.15) is 32.1 Å². The number of ether oxygens (including phenoxy) is 1. The quantitative estimate of drug-likeness (QED) is 0.730. The predicted molar refractivity (Wildman–Crippen MR) is 65.9 cm³/mol. The van der Waals surface area contributed by atoms with Gasteiger partial charge in [0.2, 0.25) is 0 Å². The van der Waals surface area contributed by atoms with Gasteiger partial charge in [0.05, 0.1) is 0 Å². The van der Waals surface area contributed by atoms with Crippen LogP contribution < -0.4 is 4.74 Å². The highest BCUT2D eigenvalue weighted by Gasteiger charge is 2.56. The minimum absolute atomic E-state index is 0.00343. The summed E-state index contributed by atoms with van der Waals surface area (Å²) in [5.41, 5.74) is 0.0321. The fourth-order valence-electron chi connectivity index (χ4n) is 3.29. The second-order valence-electron chi connectivity index (χ2n) is 5.36. The topological polar surface area (TPSA) is 9.23 Å². The van der Waals surface area contributed by atoms with E-state index in [1.165, 1.54) is 25.0 Å². The first-order chi connectivity index (χ1) is 8.60. The van der Waals surface area contributed by atoms with E-state index >= 15 is 0 Å². The summed E-state index contributed by atoms with van der Waals surface area (Å²) < 4.78 is 32.0. The van der Waals surface area contributed by atoms with Crippen molar-refractivity contribution >= 4 is 11.6 Å². The second kappa shape index (κ2) is 4.37. The van der Waals surface area contributed by atoms with Crippen molar-refractivity contribution in [2.24, 2.45) is 5.41 Å². The van der Waals surface area contributed by atoms with Crippen molar-refractivity contribution in [2.45, 2.75) is 43.6 Å². The third-order valence-corrected chi connectivity index (χ3v) is 4.95. The monoisotopic (exact) mass is 272 g/mol. The van der Waals surface area contributed by atoms with Crippen molar-refractivity contribution in [1.82, 2.24) is 0 Å². The molecular weight excluding hydrogens is 258 g/mol. The van der Waals surface area contributed by atoms with Gasteiger partial charge in [0.25, 0.3) is 0 Å². The molecule has 2 saturated carbocycles. The van der Waals surface area contributed by atoms with Crippen molar-refractivity contribution in [3.63, 3.8) is 0 Å². The van der Waals surface area contributed by atoms with E-state index in [9.17, 15) is 8.78 Å². The van der Waals surface area contributed by atoms with E-state index in [0.29, 0.717) is 0 Å².